The third kappa shape index (κ3) is 1.89. The average Bonchev–Trinajstić information content (AvgIpc) is 1.76. The molecule has 1 fully saturated rings. The Morgan fingerprint density at radius 3 is 0.833 bits per heavy atom. The van der Waals surface area contributed by atoms with Crippen molar-refractivity contribution in [2.75, 3.05) is 0 Å². The first-order valence-electron chi connectivity index (χ1n) is 2.50. The summed E-state index contributed by atoms with van der Waals surface area (Å²) in [6, 6.07) is 0. The van der Waals surface area contributed by atoms with Crippen molar-refractivity contribution in [1.29, 1.82) is 0 Å². The summed E-state index contributed by atoms with van der Waals surface area (Å²) < 4.78 is 0. The maximum absolute atomic E-state index is 1.50. The molecule has 1 rings (SSSR count). The van der Waals surface area contributed by atoms with Crippen LogP contribution < -0.4 is 0 Å². The van der Waals surface area contributed by atoms with Crippen LogP contribution >= 0.6 is 0 Å². The van der Waals surface area contributed by atoms with E-state index in [2.05, 4.69) is 0 Å². The maximum Gasteiger partial charge on any atom is 0 e. The van der Waals surface area contributed by atoms with Gasteiger partial charge in [-0.2, -0.15) is 0 Å². The van der Waals surface area contributed by atoms with Gasteiger partial charge >= 0.3 is 0 Å². The molecule has 0 aromatic carbocycles. The monoisotopic (exact) mass is 121 g/mol. The molecular formula is C5H10V. The van der Waals surface area contributed by atoms with E-state index in [9.17, 15) is 0 Å². The minimum atomic E-state index is 0. The molecule has 1 saturated carbocycles. The Morgan fingerprint density at radius 2 is 0.667 bits per heavy atom. The quantitative estimate of drug-likeness (QED) is 0.459. The first-order valence-corrected chi connectivity index (χ1v) is 2.50. The maximum atomic E-state index is 1.50. The zero-order valence-corrected chi connectivity index (χ0v) is 5.38. The molecule has 1 radical (unpaired) electrons. The average molecular weight is 121 g/mol. The minimum Gasteiger partial charge on any atom is -0.0533 e. The van der Waals surface area contributed by atoms with Crippen LogP contribution in [-0.2, 0) is 18.6 Å². The smallest absolute Gasteiger partial charge is 0 e. The predicted molar refractivity (Wildman–Crippen MR) is 23.1 cm³/mol. The van der Waals surface area contributed by atoms with Gasteiger partial charge < -0.3 is 0 Å². The summed E-state index contributed by atoms with van der Waals surface area (Å²) >= 11 is 0. The summed E-state index contributed by atoms with van der Waals surface area (Å²) in [5.41, 5.74) is 0. The van der Waals surface area contributed by atoms with Crippen molar-refractivity contribution in [3.8, 4) is 0 Å². The summed E-state index contributed by atoms with van der Waals surface area (Å²) in [5, 5.41) is 0. The zero-order chi connectivity index (χ0) is 3.54. The van der Waals surface area contributed by atoms with Gasteiger partial charge in [0.25, 0.3) is 0 Å². The topological polar surface area (TPSA) is 0 Å². The van der Waals surface area contributed by atoms with E-state index in [1.807, 2.05) is 0 Å². The van der Waals surface area contributed by atoms with E-state index in [-0.39, 0.29) is 18.6 Å². The van der Waals surface area contributed by atoms with Crippen molar-refractivity contribution in [3.63, 3.8) is 0 Å². The molecule has 0 saturated heterocycles. The van der Waals surface area contributed by atoms with Crippen LogP contribution in [0.4, 0.5) is 0 Å². The molecule has 0 spiro atoms. The molecule has 0 amide bonds. The molecule has 35 valence electrons. The van der Waals surface area contributed by atoms with Gasteiger partial charge in [-0.1, -0.05) is 32.1 Å². The van der Waals surface area contributed by atoms with E-state index in [4.69, 9.17) is 0 Å². The fourth-order valence-corrected chi connectivity index (χ4v) is 0.884. The molecule has 0 nitrogen and oxygen atoms in total. The molecule has 0 unspecified atom stereocenters. The van der Waals surface area contributed by atoms with Gasteiger partial charge in [0.05, 0.1) is 0 Å². The Kier molecular flexibility index (Phi) is 4.13. The SMILES string of the molecule is C1CCCC1.[V]. The molecule has 1 heteroatoms. The van der Waals surface area contributed by atoms with Crippen LogP contribution in [0.15, 0.2) is 0 Å². The molecule has 6 heavy (non-hydrogen) atoms. The van der Waals surface area contributed by atoms with Gasteiger partial charge in [-0.15, -0.1) is 0 Å². The summed E-state index contributed by atoms with van der Waals surface area (Å²) in [6.45, 7) is 0. The van der Waals surface area contributed by atoms with Crippen molar-refractivity contribution in [3.05, 3.63) is 0 Å². The van der Waals surface area contributed by atoms with E-state index in [0.29, 0.717) is 0 Å². The summed E-state index contributed by atoms with van der Waals surface area (Å²) in [5.74, 6) is 0. The molecule has 0 heterocycles. The second kappa shape index (κ2) is 3.76. The third-order valence-corrected chi connectivity index (χ3v) is 1.25. The van der Waals surface area contributed by atoms with Gasteiger partial charge in [-0.25, -0.2) is 0 Å². The largest absolute Gasteiger partial charge is 0.0533 e. The zero-order valence-electron chi connectivity index (χ0n) is 3.98. The number of hydrogen-bond donors (Lipinski definition) is 0. The first kappa shape index (κ1) is 6.58. The van der Waals surface area contributed by atoms with E-state index in [0.717, 1.165) is 0 Å². The van der Waals surface area contributed by atoms with Gasteiger partial charge in [0.1, 0.15) is 0 Å². The molecule has 0 aliphatic heterocycles. The normalized spacial score (nSPS) is 20.0. The van der Waals surface area contributed by atoms with Crippen LogP contribution in [0.2, 0.25) is 0 Å². The van der Waals surface area contributed by atoms with Crippen LogP contribution in [0.5, 0.6) is 0 Å². The predicted octanol–water partition coefficient (Wildman–Crippen LogP) is 1.95. The van der Waals surface area contributed by atoms with Gasteiger partial charge in [0.2, 0.25) is 0 Å². The third-order valence-electron chi connectivity index (χ3n) is 1.25. The van der Waals surface area contributed by atoms with Crippen molar-refractivity contribution < 1.29 is 18.6 Å². The van der Waals surface area contributed by atoms with Crippen LogP contribution in [-0.4, -0.2) is 0 Å². The Bertz CT molecular complexity index is 15.5. The molecule has 0 bridgehead atoms. The van der Waals surface area contributed by atoms with Crippen LogP contribution in [0.25, 0.3) is 0 Å². The Morgan fingerprint density at radius 1 is 0.500 bits per heavy atom. The van der Waals surface area contributed by atoms with Crippen molar-refractivity contribution in [2.24, 2.45) is 0 Å². The van der Waals surface area contributed by atoms with Gasteiger partial charge in [-0.05, 0) is 0 Å². The van der Waals surface area contributed by atoms with Crippen molar-refractivity contribution in [1.82, 2.24) is 0 Å². The van der Waals surface area contributed by atoms with E-state index >= 15 is 0 Å². The van der Waals surface area contributed by atoms with Gasteiger partial charge in [-0.3, -0.25) is 0 Å². The first-order chi connectivity index (χ1) is 2.50. The Labute approximate surface area is 51.2 Å². The molecule has 0 atom stereocenters. The molecule has 0 aromatic heterocycles. The van der Waals surface area contributed by atoms with Gasteiger partial charge in [0, 0.05) is 18.6 Å². The van der Waals surface area contributed by atoms with Crippen LogP contribution in [0.1, 0.15) is 32.1 Å². The standard InChI is InChI=1S/C5H10.V/c1-2-4-5-3-1;/h1-5H2;. The van der Waals surface area contributed by atoms with Gasteiger partial charge in [0.15, 0.2) is 0 Å². The Balaban J connectivity index is 0.000000250. The van der Waals surface area contributed by atoms with Crippen molar-refractivity contribution in [2.45, 2.75) is 32.1 Å². The van der Waals surface area contributed by atoms with E-state index < -0.39 is 0 Å². The van der Waals surface area contributed by atoms with Crippen LogP contribution in [0, 0.1) is 0 Å². The molecular weight excluding hydrogens is 111 g/mol. The van der Waals surface area contributed by atoms with E-state index in [1.54, 1.807) is 0 Å². The second-order valence-corrected chi connectivity index (χ2v) is 1.77. The molecule has 0 aromatic rings. The fourth-order valence-electron chi connectivity index (χ4n) is 0.884. The summed E-state index contributed by atoms with van der Waals surface area (Å²) in [6.07, 6.45) is 7.50. The second-order valence-electron chi connectivity index (χ2n) is 1.77. The number of hydrogen-bond acceptors (Lipinski definition) is 0. The fraction of sp³-hybridized carbons (Fsp3) is 1.00. The van der Waals surface area contributed by atoms with E-state index in [1.165, 1.54) is 32.1 Å². The van der Waals surface area contributed by atoms with Crippen LogP contribution in [0.3, 0.4) is 0 Å². The van der Waals surface area contributed by atoms with Crippen molar-refractivity contribution >= 4 is 0 Å². The summed E-state index contributed by atoms with van der Waals surface area (Å²) in [7, 11) is 0. The minimum absolute atomic E-state index is 0. The molecule has 1 aliphatic carbocycles. The molecule has 1 aliphatic rings. The Hall–Kier alpha value is 0.584. The number of rotatable bonds is 0. The molecule has 0 N–H and O–H groups in total. The summed E-state index contributed by atoms with van der Waals surface area (Å²) in [4.78, 5) is 0.